The number of carbonyl (C=O) groups is 2. The van der Waals surface area contributed by atoms with Gasteiger partial charge in [0.1, 0.15) is 11.9 Å². The topological polar surface area (TPSA) is 122 Å². The first kappa shape index (κ1) is 23.8. The smallest absolute Gasteiger partial charge is 0.309 e. The molecule has 2 atom stereocenters. The number of ether oxygens (including phenoxy) is 1. The van der Waals surface area contributed by atoms with Crippen molar-refractivity contribution in [3.63, 3.8) is 0 Å². The molecule has 0 saturated heterocycles. The Morgan fingerprint density at radius 1 is 0.943 bits per heavy atom. The van der Waals surface area contributed by atoms with Crippen molar-refractivity contribution in [1.82, 2.24) is 10.0 Å². The van der Waals surface area contributed by atoms with E-state index < -0.39 is 21.4 Å². The second-order valence-electron chi connectivity index (χ2n) is 10.1. The van der Waals surface area contributed by atoms with Crippen LogP contribution in [-0.4, -0.2) is 44.6 Å². The molecule has 3 N–H and O–H groups in total. The highest BCUT2D eigenvalue weighted by Gasteiger charge is 2.59. The average Bonchev–Trinajstić information content (AvgIpc) is 2.84. The predicted molar refractivity (Wildman–Crippen MR) is 128 cm³/mol. The highest BCUT2D eigenvalue weighted by molar-refractivity contribution is 7.89. The molecule has 2 aromatic carbocycles. The van der Waals surface area contributed by atoms with Gasteiger partial charge < -0.3 is 15.2 Å². The van der Waals surface area contributed by atoms with Gasteiger partial charge in [-0.3, -0.25) is 9.59 Å². The maximum atomic E-state index is 12.5. The Morgan fingerprint density at radius 2 is 1.60 bits per heavy atom. The van der Waals surface area contributed by atoms with Crippen molar-refractivity contribution in [3.05, 3.63) is 60.2 Å². The molecule has 4 aliphatic rings. The van der Waals surface area contributed by atoms with Gasteiger partial charge in [0.25, 0.3) is 5.91 Å². The monoisotopic (exact) mass is 498 g/mol. The molecule has 8 nitrogen and oxygen atoms in total. The lowest BCUT2D eigenvalue weighted by molar-refractivity contribution is -0.175. The van der Waals surface area contributed by atoms with Crippen LogP contribution in [0.5, 0.6) is 5.75 Å². The van der Waals surface area contributed by atoms with Gasteiger partial charge in [0.05, 0.1) is 10.3 Å². The van der Waals surface area contributed by atoms with Crippen molar-refractivity contribution in [3.8, 4) is 5.75 Å². The fraction of sp³-hybridized carbons (Fsp3) is 0.462. The van der Waals surface area contributed by atoms with Gasteiger partial charge in [0, 0.05) is 18.7 Å². The summed E-state index contributed by atoms with van der Waals surface area (Å²) in [6.07, 6.45) is 4.27. The molecule has 186 valence electrons. The lowest BCUT2D eigenvalue weighted by Gasteiger charge is -2.57. The van der Waals surface area contributed by atoms with Crippen LogP contribution in [0.3, 0.4) is 0 Å². The summed E-state index contributed by atoms with van der Waals surface area (Å²) in [6, 6.07) is 15.0. The van der Waals surface area contributed by atoms with E-state index in [-0.39, 0.29) is 41.8 Å². The fourth-order valence-electron chi connectivity index (χ4n) is 6.42. The number of carbonyl (C=O) groups excluding carboxylic acids is 1. The SMILES string of the molecule is O=C(NCCNS(=O)(=O)c1ccccc1)c1ccc(OC2C3CC4CC2CC(C(=O)O)(C4)C3)cc1. The van der Waals surface area contributed by atoms with E-state index in [1.165, 1.54) is 12.1 Å². The summed E-state index contributed by atoms with van der Waals surface area (Å²) < 4.78 is 33.2. The number of aliphatic carboxylic acids is 1. The number of amides is 1. The lowest BCUT2D eigenvalue weighted by atomic mass is 9.48. The molecule has 35 heavy (non-hydrogen) atoms. The summed E-state index contributed by atoms with van der Waals surface area (Å²) >= 11 is 0. The predicted octanol–water partition coefficient (Wildman–Crippen LogP) is 3.05. The zero-order valence-electron chi connectivity index (χ0n) is 19.4. The molecular weight excluding hydrogens is 468 g/mol. The minimum atomic E-state index is -3.61. The van der Waals surface area contributed by atoms with E-state index in [1.54, 1.807) is 42.5 Å². The molecule has 9 heteroatoms. The van der Waals surface area contributed by atoms with Crippen LogP contribution in [0.15, 0.2) is 59.5 Å². The Labute approximate surface area is 205 Å². The van der Waals surface area contributed by atoms with Crippen molar-refractivity contribution < 1.29 is 27.9 Å². The van der Waals surface area contributed by atoms with Crippen LogP contribution in [-0.2, 0) is 14.8 Å². The van der Waals surface area contributed by atoms with Gasteiger partial charge in [0.2, 0.25) is 10.0 Å². The minimum absolute atomic E-state index is 0.0244. The normalized spacial score (nSPS) is 29.0. The zero-order valence-corrected chi connectivity index (χ0v) is 20.2. The number of nitrogens with one attached hydrogen (secondary N) is 2. The summed E-state index contributed by atoms with van der Waals surface area (Å²) in [7, 11) is -3.61. The van der Waals surface area contributed by atoms with E-state index in [4.69, 9.17) is 4.74 Å². The number of benzene rings is 2. The number of rotatable bonds is 9. The van der Waals surface area contributed by atoms with E-state index in [9.17, 15) is 23.1 Å². The van der Waals surface area contributed by atoms with E-state index in [0.717, 1.165) is 19.3 Å². The fourth-order valence-corrected chi connectivity index (χ4v) is 7.47. The first-order chi connectivity index (χ1) is 16.8. The van der Waals surface area contributed by atoms with Crippen molar-refractivity contribution in [1.29, 1.82) is 0 Å². The second-order valence-corrected chi connectivity index (χ2v) is 11.9. The molecule has 1 amide bonds. The Bertz CT molecular complexity index is 1180. The molecule has 2 unspecified atom stereocenters. The second kappa shape index (κ2) is 9.28. The first-order valence-electron chi connectivity index (χ1n) is 12.1. The average molecular weight is 499 g/mol. The van der Waals surface area contributed by atoms with Crippen LogP contribution in [0.25, 0.3) is 0 Å². The quantitative estimate of drug-likeness (QED) is 0.457. The maximum Gasteiger partial charge on any atom is 0.309 e. The minimum Gasteiger partial charge on any atom is -0.490 e. The van der Waals surface area contributed by atoms with Crippen LogP contribution in [0, 0.1) is 23.2 Å². The van der Waals surface area contributed by atoms with E-state index in [2.05, 4.69) is 10.0 Å². The third-order valence-electron chi connectivity index (χ3n) is 7.79. The molecule has 0 aliphatic heterocycles. The number of hydrogen-bond acceptors (Lipinski definition) is 5. The van der Waals surface area contributed by atoms with E-state index in [1.807, 2.05) is 0 Å². The Balaban J connectivity index is 1.12. The summed E-state index contributed by atoms with van der Waals surface area (Å²) in [5.41, 5.74) is -0.105. The van der Waals surface area contributed by atoms with Gasteiger partial charge in [-0.25, -0.2) is 13.1 Å². The standard InChI is InChI=1S/C26H30N2O6S/c29-24(27-10-11-28-35(32,33)22-4-2-1-3-5-22)18-6-8-21(9-7-18)34-23-19-12-17-13-20(23)16-26(14-17,15-19)25(30)31/h1-9,17,19-20,23,28H,10-16H2,(H,27,29)(H,30,31). The largest absolute Gasteiger partial charge is 0.490 e. The van der Waals surface area contributed by atoms with E-state index >= 15 is 0 Å². The summed E-state index contributed by atoms with van der Waals surface area (Å²) in [4.78, 5) is 24.6. The van der Waals surface area contributed by atoms with Gasteiger partial charge in [-0.15, -0.1) is 0 Å². The van der Waals surface area contributed by atoms with Crippen molar-refractivity contribution in [2.45, 2.75) is 43.1 Å². The molecule has 0 radical (unpaired) electrons. The summed E-state index contributed by atoms with van der Waals surface area (Å²) in [5.74, 6) is 0.748. The van der Waals surface area contributed by atoms with Gasteiger partial charge >= 0.3 is 5.97 Å². The van der Waals surface area contributed by atoms with Crippen LogP contribution in [0.4, 0.5) is 0 Å². The lowest BCUT2D eigenvalue weighted by Crippen LogP contribution is -2.57. The van der Waals surface area contributed by atoms with Gasteiger partial charge in [0.15, 0.2) is 0 Å². The van der Waals surface area contributed by atoms with Crippen LogP contribution in [0.1, 0.15) is 42.5 Å². The van der Waals surface area contributed by atoms with Crippen LogP contribution >= 0.6 is 0 Å². The van der Waals surface area contributed by atoms with Gasteiger partial charge in [-0.1, -0.05) is 18.2 Å². The van der Waals surface area contributed by atoms with Gasteiger partial charge in [-0.2, -0.15) is 0 Å². The summed E-state index contributed by atoms with van der Waals surface area (Å²) in [5, 5.41) is 12.5. The highest BCUT2D eigenvalue weighted by atomic mass is 32.2. The highest BCUT2D eigenvalue weighted by Crippen LogP contribution is 2.60. The van der Waals surface area contributed by atoms with Gasteiger partial charge in [-0.05, 0) is 86.3 Å². The maximum absolute atomic E-state index is 12.5. The first-order valence-corrected chi connectivity index (χ1v) is 13.6. The Kier molecular flexibility index (Phi) is 6.31. The molecule has 4 aliphatic carbocycles. The summed E-state index contributed by atoms with van der Waals surface area (Å²) in [6.45, 7) is 0.231. The van der Waals surface area contributed by atoms with E-state index in [0.29, 0.717) is 30.1 Å². The Morgan fingerprint density at radius 3 is 2.23 bits per heavy atom. The molecule has 4 saturated carbocycles. The molecule has 0 aromatic heterocycles. The third-order valence-corrected chi connectivity index (χ3v) is 9.26. The zero-order chi connectivity index (χ0) is 24.6. The number of sulfonamides is 1. The number of carboxylic acids is 1. The van der Waals surface area contributed by atoms with Crippen LogP contribution < -0.4 is 14.8 Å². The molecule has 6 rings (SSSR count). The molecule has 0 spiro atoms. The third kappa shape index (κ3) is 4.79. The molecule has 4 bridgehead atoms. The number of hydrogen-bond donors (Lipinski definition) is 3. The Hall–Kier alpha value is -2.91. The molecule has 0 heterocycles. The van der Waals surface area contributed by atoms with Crippen molar-refractivity contribution in [2.75, 3.05) is 13.1 Å². The van der Waals surface area contributed by atoms with Crippen molar-refractivity contribution >= 4 is 21.9 Å². The number of carboxylic acid groups (broad SMARTS) is 1. The molecular formula is C26H30N2O6S. The molecule has 4 fully saturated rings. The van der Waals surface area contributed by atoms with Crippen molar-refractivity contribution in [2.24, 2.45) is 23.2 Å². The molecule has 2 aromatic rings. The van der Waals surface area contributed by atoms with Crippen LogP contribution in [0.2, 0.25) is 0 Å².